The van der Waals surface area contributed by atoms with E-state index in [0.717, 1.165) is 5.69 Å². The van der Waals surface area contributed by atoms with Gasteiger partial charge in [0.25, 0.3) is 0 Å². The van der Waals surface area contributed by atoms with E-state index in [1.807, 2.05) is 35.2 Å². The third kappa shape index (κ3) is 2.83. The van der Waals surface area contributed by atoms with Crippen LogP contribution in [0.4, 0.5) is 5.69 Å². The maximum Gasteiger partial charge on any atom is 0.131 e. The topological polar surface area (TPSA) is 59.7 Å². The summed E-state index contributed by atoms with van der Waals surface area (Å²) in [5.74, 6) is 0. The van der Waals surface area contributed by atoms with Gasteiger partial charge in [-0.2, -0.15) is 5.11 Å². The first kappa shape index (κ1) is 9.67. The molecule has 1 aromatic rings. The molecule has 0 unspecified atom stereocenters. The number of aliphatic hydroxyl groups is 1. The zero-order valence-corrected chi connectivity index (χ0v) is 7.35. The highest BCUT2D eigenvalue weighted by molar-refractivity contribution is 5.45. The van der Waals surface area contributed by atoms with Crippen molar-refractivity contribution in [1.82, 2.24) is 0 Å². The number of benzene rings is 1. The Labute approximate surface area is 77.3 Å². The van der Waals surface area contributed by atoms with E-state index in [-0.39, 0.29) is 6.61 Å². The Morgan fingerprint density at radius 3 is 2.54 bits per heavy atom. The van der Waals surface area contributed by atoms with Crippen molar-refractivity contribution in [2.45, 2.75) is 0 Å². The summed E-state index contributed by atoms with van der Waals surface area (Å²) >= 11 is 0. The molecule has 0 saturated carbocycles. The average molecular weight is 179 g/mol. The van der Waals surface area contributed by atoms with Gasteiger partial charge in [-0.05, 0) is 12.1 Å². The van der Waals surface area contributed by atoms with Crippen LogP contribution in [0.15, 0.2) is 35.4 Å². The van der Waals surface area contributed by atoms with Gasteiger partial charge in [-0.3, -0.25) is 0 Å². The first-order valence-electron chi connectivity index (χ1n) is 4.12. The number of hydrogen-bond donors (Lipinski definition) is 2. The van der Waals surface area contributed by atoms with Gasteiger partial charge in [-0.15, -0.1) is 0 Å². The van der Waals surface area contributed by atoms with Gasteiger partial charge in [0.05, 0.1) is 6.61 Å². The monoisotopic (exact) mass is 179 g/mol. The number of para-hydroxylation sites is 1. The fourth-order valence-electron chi connectivity index (χ4n) is 1.13. The highest BCUT2D eigenvalue weighted by Crippen LogP contribution is 2.11. The predicted octanol–water partition coefficient (Wildman–Crippen LogP) is 1.47. The molecule has 0 atom stereocenters. The number of hydrogen-bond acceptors (Lipinski definition) is 4. The number of aliphatic hydroxyl groups excluding tert-OH is 1. The molecule has 0 aliphatic rings. The van der Waals surface area contributed by atoms with Gasteiger partial charge in [-0.1, -0.05) is 18.2 Å². The van der Waals surface area contributed by atoms with E-state index in [9.17, 15) is 0 Å². The molecule has 0 bridgehead atoms. The first-order valence-corrected chi connectivity index (χ1v) is 4.12. The lowest BCUT2D eigenvalue weighted by Gasteiger charge is -2.20. The fraction of sp³-hybridized carbons (Fsp3) is 0.333. The van der Waals surface area contributed by atoms with E-state index in [2.05, 4.69) is 5.11 Å². The lowest BCUT2D eigenvalue weighted by Crippen LogP contribution is -2.26. The second-order valence-corrected chi connectivity index (χ2v) is 2.62. The molecule has 70 valence electrons. The van der Waals surface area contributed by atoms with Gasteiger partial charge in [0, 0.05) is 12.2 Å². The Balaban J connectivity index is 2.69. The number of nitrogens with zero attached hydrogens (tertiary/aromatic N) is 2. The molecule has 0 heterocycles. The Bertz CT molecular complexity index is 250. The molecule has 1 rings (SSSR count). The molecular formula is C9H13N3O. The van der Waals surface area contributed by atoms with Crippen molar-refractivity contribution in [3.63, 3.8) is 0 Å². The molecule has 4 heteroatoms. The summed E-state index contributed by atoms with van der Waals surface area (Å²) in [6.45, 7) is 0.876. The van der Waals surface area contributed by atoms with Crippen molar-refractivity contribution in [1.29, 1.82) is 5.53 Å². The summed E-state index contributed by atoms with van der Waals surface area (Å²) in [5, 5.41) is 12.1. The molecular weight excluding hydrogens is 166 g/mol. The second kappa shape index (κ2) is 5.27. The molecule has 0 aromatic heterocycles. The zero-order chi connectivity index (χ0) is 9.52. The summed E-state index contributed by atoms with van der Waals surface area (Å²) in [7, 11) is 0. The number of rotatable bonds is 5. The van der Waals surface area contributed by atoms with E-state index >= 15 is 0 Å². The molecule has 0 radical (unpaired) electrons. The zero-order valence-electron chi connectivity index (χ0n) is 7.35. The summed E-state index contributed by atoms with van der Waals surface area (Å²) in [6.07, 6.45) is 0. The molecule has 0 amide bonds. The minimum atomic E-state index is 0.0738. The quantitative estimate of drug-likeness (QED) is 0.672. The number of nitrogens with one attached hydrogen (secondary N) is 1. The molecule has 0 fully saturated rings. The van der Waals surface area contributed by atoms with Crippen molar-refractivity contribution >= 4 is 5.69 Å². The minimum absolute atomic E-state index is 0.0738. The lowest BCUT2D eigenvalue weighted by molar-refractivity contribution is 0.302. The van der Waals surface area contributed by atoms with E-state index in [1.165, 1.54) is 0 Å². The molecule has 13 heavy (non-hydrogen) atoms. The Kier molecular flexibility index (Phi) is 3.92. The van der Waals surface area contributed by atoms with Crippen LogP contribution in [0.5, 0.6) is 0 Å². The molecule has 0 saturated heterocycles. The largest absolute Gasteiger partial charge is 0.395 e. The van der Waals surface area contributed by atoms with Crippen LogP contribution in [0.1, 0.15) is 0 Å². The van der Waals surface area contributed by atoms with Gasteiger partial charge < -0.3 is 10.0 Å². The van der Waals surface area contributed by atoms with Crippen molar-refractivity contribution in [3.8, 4) is 0 Å². The Morgan fingerprint density at radius 1 is 1.31 bits per heavy atom. The Hall–Kier alpha value is -1.42. The fourth-order valence-corrected chi connectivity index (χ4v) is 1.13. The smallest absolute Gasteiger partial charge is 0.131 e. The van der Waals surface area contributed by atoms with E-state index in [4.69, 9.17) is 10.6 Å². The van der Waals surface area contributed by atoms with Gasteiger partial charge in [0.2, 0.25) is 0 Å². The van der Waals surface area contributed by atoms with Gasteiger partial charge >= 0.3 is 0 Å². The first-order chi connectivity index (χ1) is 6.38. The SMILES string of the molecule is N=NCN(CCO)c1ccccc1. The van der Waals surface area contributed by atoms with Crippen molar-refractivity contribution in [3.05, 3.63) is 30.3 Å². The van der Waals surface area contributed by atoms with Gasteiger partial charge in [0.1, 0.15) is 6.67 Å². The Morgan fingerprint density at radius 2 is 2.00 bits per heavy atom. The molecule has 0 aliphatic carbocycles. The lowest BCUT2D eigenvalue weighted by atomic mass is 10.3. The molecule has 2 N–H and O–H groups in total. The molecule has 1 aromatic carbocycles. The van der Waals surface area contributed by atoms with E-state index in [1.54, 1.807) is 0 Å². The number of anilines is 1. The second-order valence-electron chi connectivity index (χ2n) is 2.62. The highest BCUT2D eigenvalue weighted by Gasteiger charge is 2.02. The molecule has 4 nitrogen and oxygen atoms in total. The van der Waals surface area contributed by atoms with Crippen LogP contribution < -0.4 is 4.90 Å². The summed E-state index contributed by atoms with van der Waals surface area (Å²) < 4.78 is 0. The minimum Gasteiger partial charge on any atom is -0.395 e. The van der Waals surface area contributed by atoms with Gasteiger partial charge in [-0.25, -0.2) is 5.53 Å². The average Bonchev–Trinajstić information content (AvgIpc) is 2.19. The third-order valence-electron chi connectivity index (χ3n) is 1.73. The van der Waals surface area contributed by atoms with Crippen molar-refractivity contribution in [2.75, 3.05) is 24.7 Å². The standard InChI is InChI=1S/C9H13N3O/c10-11-8-12(6-7-13)9-4-2-1-3-5-9/h1-5,10,13H,6-8H2. The predicted molar refractivity (Wildman–Crippen MR) is 50.9 cm³/mol. The summed E-state index contributed by atoms with van der Waals surface area (Å²) in [4.78, 5) is 1.84. The maximum atomic E-state index is 8.78. The van der Waals surface area contributed by atoms with Crippen LogP contribution in [0.25, 0.3) is 0 Å². The van der Waals surface area contributed by atoms with E-state index in [0.29, 0.717) is 13.2 Å². The van der Waals surface area contributed by atoms with Crippen LogP contribution in [0.2, 0.25) is 0 Å². The molecule has 0 aliphatic heterocycles. The third-order valence-corrected chi connectivity index (χ3v) is 1.73. The normalized spacial score (nSPS) is 9.62. The van der Waals surface area contributed by atoms with Crippen LogP contribution >= 0.6 is 0 Å². The van der Waals surface area contributed by atoms with E-state index < -0.39 is 0 Å². The van der Waals surface area contributed by atoms with Gasteiger partial charge in [0.15, 0.2) is 0 Å². The van der Waals surface area contributed by atoms with Crippen molar-refractivity contribution in [2.24, 2.45) is 5.11 Å². The highest BCUT2D eigenvalue weighted by atomic mass is 16.3. The van der Waals surface area contributed by atoms with Crippen molar-refractivity contribution < 1.29 is 5.11 Å². The van der Waals surface area contributed by atoms with Crippen LogP contribution in [-0.4, -0.2) is 24.9 Å². The maximum absolute atomic E-state index is 8.78. The van der Waals surface area contributed by atoms with Crippen LogP contribution in [0, 0.1) is 5.53 Å². The van der Waals surface area contributed by atoms with Crippen LogP contribution in [-0.2, 0) is 0 Å². The summed E-state index contributed by atoms with van der Waals surface area (Å²) in [5.41, 5.74) is 7.74. The summed E-state index contributed by atoms with van der Waals surface area (Å²) in [6, 6.07) is 9.63. The van der Waals surface area contributed by atoms with Crippen LogP contribution in [0.3, 0.4) is 0 Å². The molecule has 0 spiro atoms.